The van der Waals surface area contributed by atoms with Crippen LogP contribution in [0.5, 0.6) is 11.5 Å². The average molecular weight is 282 g/mol. The number of methoxy groups -OCH3 is 1. The number of aryl methyl sites for hydroxylation is 1. The number of carboxylic acids is 1. The summed E-state index contributed by atoms with van der Waals surface area (Å²) < 4.78 is 16.0. The van der Waals surface area contributed by atoms with E-state index in [0.717, 1.165) is 12.0 Å². The van der Waals surface area contributed by atoms with Gasteiger partial charge in [-0.05, 0) is 31.0 Å². The van der Waals surface area contributed by atoms with Crippen molar-refractivity contribution in [3.05, 3.63) is 23.8 Å². The molecule has 20 heavy (non-hydrogen) atoms. The summed E-state index contributed by atoms with van der Waals surface area (Å²) >= 11 is 0. The van der Waals surface area contributed by atoms with Crippen molar-refractivity contribution in [2.75, 3.05) is 20.3 Å². The quantitative estimate of drug-likeness (QED) is 0.754. The maximum atomic E-state index is 10.9. The molecule has 0 aliphatic rings. The Morgan fingerprint density at radius 3 is 2.60 bits per heavy atom. The Morgan fingerprint density at radius 1 is 1.30 bits per heavy atom. The molecule has 1 atom stereocenters. The van der Waals surface area contributed by atoms with E-state index in [9.17, 15) is 4.79 Å². The molecule has 112 valence electrons. The summed E-state index contributed by atoms with van der Waals surface area (Å²) in [5.74, 6) is 0.307. The molecule has 0 heterocycles. The van der Waals surface area contributed by atoms with Crippen molar-refractivity contribution < 1.29 is 24.1 Å². The van der Waals surface area contributed by atoms with Gasteiger partial charge in [0, 0.05) is 13.0 Å². The van der Waals surface area contributed by atoms with Crippen LogP contribution in [0, 0.1) is 0 Å². The maximum Gasteiger partial charge on any atom is 0.332 e. The van der Waals surface area contributed by atoms with Crippen LogP contribution in [0.4, 0.5) is 0 Å². The van der Waals surface area contributed by atoms with E-state index in [1.807, 2.05) is 18.2 Å². The highest BCUT2D eigenvalue weighted by Gasteiger charge is 2.17. The molecule has 1 aromatic carbocycles. The monoisotopic (exact) mass is 282 g/mol. The first-order valence-electron chi connectivity index (χ1n) is 6.76. The molecule has 0 spiro atoms. The van der Waals surface area contributed by atoms with Gasteiger partial charge in [0.2, 0.25) is 0 Å². The van der Waals surface area contributed by atoms with Crippen molar-refractivity contribution >= 4 is 5.97 Å². The first kappa shape index (κ1) is 16.3. The summed E-state index contributed by atoms with van der Waals surface area (Å²) in [4.78, 5) is 10.9. The molecule has 1 unspecified atom stereocenters. The van der Waals surface area contributed by atoms with Crippen LogP contribution in [0.25, 0.3) is 0 Å². The standard InChI is InChI=1S/C15H22O5/c1-4-11-6-7-12(14(10-11)18-3)20-9-8-13(15(16)17)19-5-2/h6-7,10,13H,4-5,8-9H2,1-3H3,(H,16,17). The Hall–Kier alpha value is -1.75. The molecule has 0 bridgehead atoms. The van der Waals surface area contributed by atoms with E-state index in [1.54, 1.807) is 14.0 Å². The lowest BCUT2D eigenvalue weighted by Crippen LogP contribution is -2.26. The van der Waals surface area contributed by atoms with Crippen LogP contribution in [-0.2, 0) is 16.0 Å². The van der Waals surface area contributed by atoms with E-state index in [1.165, 1.54) is 0 Å². The number of carbonyl (C=O) groups is 1. The molecule has 0 aliphatic heterocycles. The largest absolute Gasteiger partial charge is 0.493 e. The van der Waals surface area contributed by atoms with Gasteiger partial charge in [0.15, 0.2) is 17.6 Å². The minimum atomic E-state index is -0.969. The van der Waals surface area contributed by atoms with E-state index in [4.69, 9.17) is 19.3 Å². The zero-order valence-electron chi connectivity index (χ0n) is 12.2. The lowest BCUT2D eigenvalue weighted by atomic mass is 10.1. The van der Waals surface area contributed by atoms with Gasteiger partial charge < -0.3 is 19.3 Å². The topological polar surface area (TPSA) is 65.0 Å². The van der Waals surface area contributed by atoms with Crippen LogP contribution in [0.15, 0.2) is 18.2 Å². The van der Waals surface area contributed by atoms with Gasteiger partial charge >= 0.3 is 5.97 Å². The van der Waals surface area contributed by atoms with E-state index < -0.39 is 12.1 Å². The molecule has 0 saturated heterocycles. The third kappa shape index (κ3) is 4.74. The zero-order valence-corrected chi connectivity index (χ0v) is 12.2. The smallest absolute Gasteiger partial charge is 0.332 e. The van der Waals surface area contributed by atoms with Crippen molar-refractivity contribution in [1.82, 2.24) is 0 Å². The summed E-state index contributed by atoms with van der Waals surface area (Å²) in [7, 11) is 1.59. The number of aliphatic carboxylic acids is 1. The molecule has 5 heteroatoms. The van der Waals surface area contributed by atoms with Gasteiger partial charge in [0.25, 0.3) is 0 Å². The minimum absolute atomic E-state index is 0.263. The maximum absolute atomic E-state index is 10.9. The molecule has 0 aromatic heterocycles. The number of rotatable bonds is 9. The first-order valence-corrected chi connectivity index (χ1v) is 6.76. The molecule has 0 amide bonds. The van der Waals surface area contributed by atoms with Gasteiger partial charge in [0.1, 0.15) is 0 Å². The molecular weight excluding hydrogens is 260 g/mol. The minimum Gasteiger partial charge on any atom is -0.493 e. The fraction of sp³-hybridized carbons (Fsp3) is 0.533. The summed E-state index contributed by atoms with van der Waals surface area (Å²) in [6.07, 6.45) is 0.380. The highest BCUT2D eigenvalue weighted by Crippen LogP contribution is 2.28. The highest BCUT2D eigenvalue weighted by atomic mass is 16.5. The average Bonchev–Trinajstić information content (AvgIpc) is 2.46. The second kappa shape index (κ2) is 8.43. The Morgan fingerprint density at radius 2 is 2.05 bits per heavy atom. The van der Waals surface area contributed by atoms with Crippen LogP contribution in [0.3, 0.4) is 0 Å². The van der Waals surface area contributed by atoms with Crippen LogP contribution < -0.4 is 9.47 Å². The van der Waals surface area contributed by atoms with E-state index in [0.29, 0.717) is 24.5 Å². The van der Waals surface area contributed by atoms with Crippen LogP contribution in [0.1, 0.15) is 25.8 Å². The third-order valence-corrected chi connectivity index (χ3v) is 2.92. The van der Waals surface area contributed by atoms with Crippen molar-refractivity contribution in [1.29, 1.82) is 0 Å². The Balaban J connectivity index is 2.58. The Bertz CT molecular complexity index is 430. The van der Waals surface area contributed by atoms with Gasteiger partial charge in [-0.1, -0.05) is 13.0 Å². The number of benzene rings is 1. The third-order valence-electron chi connectivity index (χ3n) is 2.92. The van der Waals surface area contributed by atoms with Crippen molar-refractivity contribution in [3.8, 4) is 11.5 Å². The molecule has 0 aliphatic carbocycles. The molecule has 0 saturated carbocycles. The molecular formula is C15H22O5. The SMILES string of the molecule is CCOC(CCOc1ccc(CC)cc1OC)C(=O)O. The summed E-state index contributed by atoms with van der Waals surface area (Å²) in [6.45, 7) is 4.46. The first-order chi connectivity index (χ1) is 9.62. The normalized spacial score (nSPS) is 11.9. The lowest BCUT2D eigenvalue weighted by molar-refractivity contribution is -0.150. The van der Waals surface area contributed by atoms with Crippen LogP contribution in [-0.4, -0.2) is 37.5 Å². The van der Waals surface area contributed by atoms with Gasteiger partial charge in [-0.2, -0.15) is 0 Å². The molecule has 1 rings (SSSR count). The second-order valence-electron chi connectivity index (χ2n) is 4.26. The fourth-order valence-corrected chi connectivity index (χ4v) is 1.81. The lowest BCUT2D eigenvalue weighted by Gasteiger charge is -2.15. The van der Waals surface area contributed by atoms with Crippen molar-refractivity contribution in [2.24, 2.45) is 0 Å². The Kier molecular flexibility index (Phi) is 6.87. The van der Waals surface area contributed by atoms with Crippen molar-refractivity contribution in [3.63, 3.8) is 0 Å². The predicted molar refractivity (Wildman–Crippen MR) is 75.5 cm³/mol. The molecule has 1 aromatic rings. The molecule has 1 N–H and O–H groups in total. The molecule has 5 nitrogen and oxygen atoms in total. The van der Waals surface area contributed by atoms with E-state index in [-0.39, 0.29) is 6.61 Å². The van der Waals surface area contributed by atoms with Gasteiger partial charge in [-0.3, -0.25) is 0 Å². The summed E-state index contributed by atoms with van der Waals surface area (Å²) in [6, 6.07) is 5.73. The van der Waals surface area contributed by atoms with Crippen LogP contribution in [0.2, 0.25) is 0 Å². The number of ether oxygens (including phenoxy) is 3. The van der Waals surface area contributed by atoms with E-state index in [2.05, 4.69) is 6.92 Å². The number of carboxylic acid groups (broad SMARTS) is 1. The van der Waals surface area contributed by atoms with Crippen molar-refractivity contribution in [2.45, 2.75) is 32.8 Å². The van der Waals surface area contributed by atoms with E-state index >= 15 is 0 Å². The predicted octanol–water partition coefficient (Wildman–Crippen LogP) is 2.52. The number of hydrogen-bond acceptors (Lipinski definition) is 4. The summed E-state index contributed by atoms with van der Waals surface area (Å²) in [5, 5.41) is 8.97. The zero-order chi connectivity index (χ0) is 15.0. The van der Waals surface area contributed by atoms with Gasteiger partial charge in [-0.15, -0.1) is 0 Å². The fourth-order valence-electron chi connectivity index (χ4n) is 1.81. The summed E-state index contributed by atoms with van der Waals surface area (Å²) in [5.41, 5.74) is 1.16. The van der Waals surface area contributed by atoms with Crippen LogP contribution >= 0.6 is 0 Å². The molecule has 0 radical (unpaired) electrons. The van der Waals surface area contributed by atoms with Gasteiger partial charge in [-0.25, -0.2) is 4.79 Å². The highest BCUT2D eigenvalue weighted by molar-refractivity contribution is 5.72. The Labute approximate surface area is 119 Å². The molecule has 0 fully saturated rings. The number of hydrogen-bond donors (Lipinski definition) is 1. The second-order valence-corrected chi connectivity index (χ2v) is 4.26. The van der Waals surface area contributed by atoms with Gasteiger partial charge in [0.05, 0.1) is 13.7 Å².